The van der Waals surface area contributed by atoms with Crippen molar-refractivity contribution in [2.24, 2.45) is 0 Å². The van der Waals surface area contributed by atoms with Gasteiger partial charge in [-0.15, -0.1) is 0 Å². The summed E-state index contributed by atoms with van der Waals surface area (Å²) in [4.78, 5) is 8.25. The first-order valence-electron chi connectivity index (χ1n) is 0.548. The van der Waals surface area contributed by atoms with Crippen LogP contribution in [0.5, 0.6) is 0 Å². The Morgan fingerprint density at radius 1 is 1.40 bits per heavy atom. The van der Waals surface area contributed by atoms with Crippen LogP contribution in [0.2, 0.25) is 0 Å². The molecule has 0 aromatic carbocycles. The van der Waals surface area contributed by atoms with E-state index in [-0.39, 0.29) is 25.8 Å². The summed E-state index contributed by atoms with van der Waals surface area (Å²) in [5.41, 5.74) is 0. The van der Waals surface area contributed by atoms with Gasteiger partial charge in [0.2, 0.25) is 0 Å². The van der Waals surface area contributed by atoms with Gasteiger partial charge < -0.3 is 15.3 Å². The van der Waals surface area contributed by atoms with Gasteiger partial charge in [0.25, 0.3) is 0 Å². The molecule has 0 bridgehead atoms. The Balaban J connectivity index is 0. The van der Waals surface area contributed by atoms with Crippen molar-refractivity contribution in [3.8, 4) is 0 Å². The van der Waals surface area contributed by atoms with Crippen LogP contribution >= 0.6 is 0 Å². The van der Waals surface area contributed by atoms with Gasteiger partial charge in [-0.25, -0.2) is 0 Å². The van der Waals surface area contributed by atoms with E-state index < -0.39 is 5.09 Å². The minimum atomic E-state index is -1.75. The fourth-order valence-corrected chi connectivity index (χ4v) is 0. The van der Waals surface area contributed by atoms with Gasteiger partial charge in [0, 0.05) is 25.8 Å². The van der Waals surface area contributed by atoms with Crippen LogP contribution in [-0.4, -0.2) is 30.9 Å². The molecule has 0 saturated heterocycles. The summed E-state index contributed by atoms with van der Waals surface area (Å²) >= 11 is 0. The normalized spacial score (nSPS) is 4.80. The number of hydrogen-bond acceptors (Lipinski definition) is 3. The van der Waals surface area contributed by atoms with Crippen LogP contribution in [0.1, 0.15) is 0 Å². The Bertz CT molecular complexity index is 29.9. The summed E-state index contributed by atoms with van der Waals surface area (Å²) < 4.78 is 0. The van der Waals surface area contributed by atoms with E-state index in [4.69, 9.17) is 15.3 Å². The molecule has 0 spiro atoms. The van der Waals surface area contributed by atoms with Crippen molar-refractivity contribution in [3.63, 3.8) is 0 Å². The molecule has 0 aromatic rings. The molecule has 0 aliphatic rings. The summed E-state index contributed by atoms with van der Waals surface area (Å²) in [7, 11) is 0. The minimum Gasteiger partial charge on any atom is -0.356 e. The molecule has 5 heavy (non-hydrogen) atoms. The van der Waals surface area contributed by atoms with E-state index in [2.05, 4.69) is 0 Å². The fraction of sp³-hybridized carbons (Fsp3) is 0. The van der Waals surface area contributed by atoms with E-state index in [9.17, 15) is 0 Å². The molecule has 0 rings (SSSR count). The van der Waals surface area contributed by atoms with Gasteiger partial charge in [-0.3, -0.25) is 0 Å². The maximum Gasteiger partial charge on any atom is 0.0689 e. The van der Waals surface area contributed by atoms with Crippen molar-refractivity contribution in [2.45, 2.75) is 0 Å². The Morgan fingerprint density at radius 2 is 1.40 bits per heavy atom. The number of rotatable bonds is 0. The van der Waals surface area contributed by atoms with Gasteiger partial charge >= 0.3 is 0 Å². The molecule has 0 heterocycles. The third-order valence-corrected chi connectivity index (χ3v) is 0. The molecule has 0 N–H and O–H groups in total. The van der Waals surface area contributed by atoms with Gasteiger partial charge in [-0.2, -0.15) is 0 Å². The average Bonchev–Trinajstić information content (AvgIpc) is 0.811. The predicted octanol–water partition coefficient (Wildman–Crippen LogP) is -0.620. The molecule has 0 unspecified atom stereocenters. The topological polar surface area (TPSA) is 66.2 Å². The van der Waals surface area contributed by atoms with Crippen LogP contribution in [0.25, 0.3) is 0 Å². The zero-order valence-corrected chi connectivity index (χ0v) is 5.54. The molecular formula is InNO3-. The van der Waals surface area contributed by atoms with Gasteiger partial charge in [-0.05, 0) is 0 Å². The SMILES string of the molecule is O=[N+]([O-])[O-].[In]. The van der Waals surface area contributed by atoms with Crippen molar-refractivity contribution < 1.29 is 5.09 Å². The van der Waals surface area contributed by atoms with Crippen molar-refractivity contribution in [1.29, 1.82) is 0 Å². The fourth-order valence-electron chi connectivity index (χ4n) is 0. The van der Waals surface area contributed by atoms with Crippen LogP contribution in [0.3, 0.4) is 0 Å². The summed E-state index contributed by atoms with van der Waals surface area (Å²) in [6.07, 6.45) is 0. The largest absolute Gasteiger partial charge is 0.356 e. The molecule has 0 aromatic heterocycles. The summed E-state index contributed by atoms with van der Waals surface area (Å²) in [6, 6.07) is 0. The summed E-state index contributed by atoms with van der Waals surface area (Å²) in [5.74, 6) is 0. The Kier molecular flexibility index (Phi) is 7.25. The molecule has 0 aliphatic carbocycles. The molecule has 27 valence electrons. The quantitative estimate of drug-likeness (QED) is 0.365. The monoisotopic (exact) mass is 177 g/mol. The third-order valence-electron chi connectivity index (χ3n) is 0. The van der Waals surface area contributed by atoms with E-state index in [0.717, 1.165) is 0 Å². The van der Waals surface area contributed by atoms with Crippen LogP contribution < -0.4 is 0 Å². The maximum atomic E-state index is 8.25. The first-order valence-corrected chi connectivity index (χ1v) is 0.548. The van der Waals surface area contributed by atoms with Crippen LogP contribution in [0.4, 0.5) is 0 Å². The van der Waals surface area contributed by atoms with Crippen molar-refractivity contribution in [1.82, 2.24) is 0 Å². The van der Waals surface area contributed by atoms with Crippen molar-refractivity contribution in [3.05, 3.63) is 15.3 Å². The summed E-state index contributed by atoms with van der Waals surface area (Å²) in [6.45, 7) is 0. The van der Waals surface area contributed by atoms with Crippen LogP contribution in [0, 0.1) is 15.3 Å². The van der Waals surface area contributed by atoms with E-state index in [1.165, 1.54) is 0 Å². The molecule has 0 saturated carbocycles. The molecule has 0 fully saturated rings. The second-order valence-corrected chi connectivity index (χ2v) is 0.224. The molecular weight excluding hydrogens is 177 g/mol. The second-order valence-electron chi connectivity index (χ2n) is 0.224. The van der Waals surface area contributed by atoms with E-state index in [0.29, 0.717) is 0 Å². The van der Waals surface area contributed by atoms with Crippen molar-refractivity contribution >= 4 is 25.8 Å². The minimum absolute atomic E-state index is 0. The zero-order valence-electron chi connectivity index (χ0n) is 2.25. The molecule has 0 aliphatic heterocycles. The van der Waals surface area contributed by atoms with Gasteiger partial charge in [0.1, 0.15) is 0 Å². The predicted molar refractivity (Wildman–Crippen MR) is 16.1 cm³/mol. The van der Waals surface area contributed by atoms with Gasteiger partial charge in [0.05, 0.1) is 5.09 Å². The molecule has 0 amide bonds. The van der Waals surface area contributed by atoms with E-state index in [1.807, 2.05) is 0 Å². The Morgan fingerprint density at radius 3 is 1.40 bits per heavy atom. The molecule has 5 heteroatoms. The average molecular weight is 177 g/mol. The summed E-state index contributed by atoms with van der Waals surface area (Å²) in [5, 5.41) is 14.8. The Labute approximate surface area is 46.7 Å². The van der Waals surface area contributed by atoms with Gasteiger partial charge in [-0.1, -0.05) is 0 Å². The Hall–Kier alpha value is 0.0701. The third kappa shape index (κ3) is 3550. The van der Waals surface area contributed by atoms with Crippen LogP contribution in [-0.2, 0) is 0 Å². The van der Waals surface area contributed by atoms with Crippen molar-refractivity contribution in [2.75, 3.05) is 0 Å². The first kappa shape index (κ1) is 8.91. The first-order chi connectivity index (χ1) is 1.73. The second kappa shape index (κ2) is 4.07. The van der Waals surface area contributed by atoms with Gasteiger partial charge in [0.15, 0.2) is 0 Å². The number of hydrogen-bond donors (Lipinski definition) is 0. The van der Waals surface area contributed by atoms with E-state index in [1.54, 1.807) is 0 Å². The number of nitrogens with zero attached hydrogens (tertiary/aromatic N) is 1. The molecule has 0 atom stereocenters. The van der Waals surface area contributed by atoms with Crippen LogP contribution in [0.15, 0.2) is 0 Å². The van der Waals surface area contributed by atoms with E-state index >= 15 is 0 Å². The molecule has 3 radical (unpaired) electrons. The zero-order chi connectivity index (χ0) is 3.58. The maximum absolute atomic E-state index is 8.25. The molecule has 4 nitrogen and oxygen atoms in total. The standard InChI is InChI=1S/In.NO3/c;2-1(3)4/q;-1. The smallest absolute Gasteiger partial charge is 0.0689 e.